The molecule has 4 aliphatic rings. The van der Waals surface area contributed by atoms with E-state index in [1.54, 1.807) is 46.4 Å². The molecule has 0 saturated carbocycles. The van der Waals surface area contributed by atoms with Crippen LogP contribution >= 0.6 is 63.7 Å². The molecule has 16 rings (SSSR count). The highest BCUT2D eigenvalue weighted by atomic mass is 79.9. The van der Waals surface area contributed by atoms with Crippen LogP contribution in [0.2, 0.25) is 0 Å². The van der Waals surface area contributed by atoms with E-state index in [1.807, 2.05) is 246 Å². The molecule has 568 valence electrons. The second-order valence-electron chi connectivity index (χ2n) is 26.4. The maximum Gasteiger partial charge on any atom is 0.338 e. The molecule has 0 unspecified atom stereocenters. The molecule has 20 nitrogen and oxygen atoms in total. The quantitative estimate of drug-likeness (QED) is 0.0821. The molecule has 0 fully saturated rings. The number of carbonyl (C=O) groups excluding carboxylic acids is 4. The van der Waals surface area contributed by atoms with Gasteiger partial charge in [-0.3, -0.25) is 0 Å². The van der Waals surface area contributed by atoms with Crippen LogP contribution in [0.4, 0.5) is 0 Å². The lowest BCUT2D eigenvalue weighted by Gasteiger charge is -2.27. The summed E-state index contributed by atoms with van der Waals surface area (Å²) in [6.45, 7) is 14.9. The number of hydrogen-bond acceptors (Lipinski definition) is 16. The molecule has 112 heavy (non-hydrogen) atoms. The third-order valence-corrected chi connectivity index (χ3v) is 21.6. The van der Waals surface area contributed by atoms with Gasteiger partial charge in [0.25, 0.3) is 0 Å². The summed E-state index contributed by atoms with van der Waals surface area (Å²) in [4.78, 5) is 50.4. The molecule has 8 aromatic carbocycles. The molecule has 0 aliphatic carbocycles. The predicted molar refractivity (Wildman–Crippen MR) is 439 cm³/mol. The van der Waals surface area contributed by atoms with Crippen LogP contribution in [0.15, 0.2) is 282 Å². The van der Waals surface area contributed by atoms with Gasteiger partial charge in [-0.25, -0.2) is 37.9 Å². The molecular weight excluding hydrogens is 1680 g/mol. The van der Waals surface area contributed by atoms with Gasteiger partial charge in [0.15, 0.2) is 0 Å². The maximum atomic E-state index is 12.6. The van der Waals surface area contributed by atoms with Crippen LogP contribution in [0.5, 0.6) is 23.5 Å². The van der Waals surface area contributed by atoms with Crippen molar-refractivity contribution in [2.75, 3.05) is 28.4 Å². The second kappa shape index (κ2) is 34.0. The Morgan fingerprint density at radius 3 is 0.607 bits per heavy atom. The number of carbonyl (C=O) groups is 4. The molecule has 0 spiro atoms. The van der Waals surface area contributed by atoms with Crippen molar-refractivity contribution in [3.05, 3.63) is 349 Å². The topological polar surface area (TPSA) is 213 Å². The van der Waals surface area contributed by atoms with Crippen LogP contribution in [0, 0.1) is 27.7 Å². The van der Waals surface area contributed by atoms with Crippen molar-refractivity contribution in [1.29, 1.82) is 0 Å². The molecule has 12 aromatic rings. The van der Waals surface area contributed by atoms with Gasteiger partial charge in [-0.05, 0) is 175 Å². The molecular formula is C88H76Br4N8O12. The number of halogens is 4. The average Bonchev–Trinajstić information content (AvgIpc) is 1.63. The SMILES string of the molecule is COC(=O)C1=C(C)Oc2c(c(C)nn2-c2ccc(Br)cc2)[C@@H]1c1ccccc1.COC(=O)C1=C(C)Oc2c(c(C)nn2-c2ccc(Br)cc2)[C@@H]1c1ccccc1.COC(=O)C1=C(C)Oc2c(c(C)nn2-c2ccc(Br)cc2)[C@@H]1c1ccccc1.COC(=O)C1=C(C)Oc2c(c(C)nn2-c2ccc(Br)cc2)[C@@H]1c1ccccc1. The molecule has 24 heteroatoms. The number of ether oxygens (including phenoxy) is 8. The number of fused-ring (bicyclic) bond motifs is 4. The van der Waals surface area contributed by atoms with Crippen LogP contribution in [-0.4, -0.2) is 91.4 Å². The highest BCUT2D eigenvalue weighted by molar-refractivity contribution is 9.11. The van der Waals surface area contributed by atoms with Gasteiger partial charge in [-0.1, -0.05) is 185 Å². The van der Waals surface area contributed by atoms with Crippen molar-refractivity contribution in [2.45, 2.75) is 79.1 Å². The van der Waals surface area contributed by atoms with Crippen molar-refractivity contribution in [2.24, 2.45) is 0 Å². The number of allylic oxidation sites excluding steroid dienone is 4. The second-order valence-corrected chi connectivity index (χ2v) is 30.1. The molecule has 0 amide bonds. The number of benzene rings is 8. The molecule has 8 heterocycles. The van der Waals surface area contributed by atoms with Gasteiger partial charge in [0.05, 0.1) is 142 Å². The van der Waals surface area contributed by atoms with E-state index in [2.05, 4.69) is 63.7 Å². The first-order valence-electron chi connectivity index (χ1n) is 35.5. The minimum absolute atomic E-state index is 0.304. The summed E-state index contributed by atoms with van der Waals surface area (Å²) in [5.74, 6) is 1.78. The minimum atomic E-state index is -0.396. The zero-order valence-electron chi connectivity index (χ0n) is 63.1. The summed E-state index contributed by atoms with van der Waals surface area (Å²) in [5, 5.41) is 18.9. The lowest BCUT2D eigenvalue weighted by molar-refractivity contribution is -0.137. The molecule has 0 radical (unpaired) electrons. The Labute approximate surface area is 681 Å². The smallest absolute Gasteiger partial charge is 0.338 e. The maximum absolute atomic E-state index is 12.6. The number of aromatic nitrogens is 8. The molecule has 4 aliphatic heterocycles. The minimum Gasteiger partial charge on any atom is -0.466 e. The molecule has 4 atom stereocenters. The Hall–Kier alpha value is -11.4. The van der Waals surface area contributed by atoms with E-state index in [9.17, 15) is 19.2 Å². The van der Waals surface area contributed by atoms with Gasteiger partial charge in [0.1, 0.15) is 23.0 Å². The summed E-state index contributed by atoms with van der Waals surface area (Å²) < 4.78 is 55.8. The van der Waals surface area contributed by atoms with Gasteiger partial charge in [0.2, 0.25) is 23.5 Å². The van der Waals surface area contributed by atoms with Crippen LogP contribution in [-0.2, 0) is 38.1 Å². The third kappa shape index (κ3) is 15.7. The summed E-state index contributed by atoms with van der Waals surface area (Å²) in [6.07, 6.45) is 0. The molecule has 0 N–H and O–H groups in total. The largest absolute Gasteiger partial charge is 0.466 e. The van der Waals surface area contributed by atoms with Gasteiger partial charge < -0.3 is 37.9 Å². The fourth-order valence-electron chi connectivity index (χ4n) is 14.4. The standard InChI is InChI=1S/4C22H19BrN2O3/c4*1-13-18-20(15-7-5-4-6-8-15)19(22(26)27-3)14(2)28-21(18)25(24-13)17-11-9-16(23)10-12-17/h4*4-12,20H,1-3H3/t4*20-/m0000/s1. The van der Waals surface area contributed by atoms with Crippen LogP contribution in [0.25, 0.3) is 22.7 Å². The zero-order chi connectivity index (χ0) is 79.3. The number of rotatable bonds is 12. The Balaban J connectivity index is 0.000000131. The highest BCUT2D eigenvalue weighted by Gasteiger charge is 2.43. The Bertz CT molecular complexity index is 4980. The van der Waals surface area contributed by atoms with Crippen molar-refractivity contribution in [3.63, 3.8) is 0 Å². The predicted octanol–water partition coefficient (Wildman–Crippen LogP) is 19.7. The molecule has 0 saturated heterocycles. The summed E-state index contributed by atoms with van der Waals surface area (Å²) in [7, 11) is 5.55. The van der Waals surface area contributed by atoms with E-state index in [-0.39, 0.29) is 23.7 Å². The Morgan fingerprint density at radius 1 is 0.277 bits per heavy atom. The summed E-state index contributed by atoms with van der Waals surface area (Å²) in [5.41, 5.74) is 16.2. The fraction of sp³-hybridized carbons (Fsp3) is 0.182. The van der Waals surface area contributed by atoms with E-state index in [1.165, 1.54) is 28.4 Å². The van der Waals surface area contributed by atoms with Crippen LogP contribution < -0.4 is 18.9 Å². The molecule has 0 bridgehead atoms. The van der Waals surface area contributed by atoms with Gasteiger partial charge in [-0.2, -0.15) is 20.4 Å². The number of esters is 4. The monoisotopic (exact) mass is 1750 g/mol. The average molecular weight is 1760 g/mol. The number of methoxy groups -OCH3 is 4. The number of hydrogen-bond donors (Lipinski definition) is 0. The van der Waals surface area contributed by atoms with E-state index in [4.69, 9.17) is 58.3 Å². The van der Waals surface area contributed by atoms with Crippen molar-refractivity contribution in [1.82, 2.24) is 39.1 Å². The lowest BCUT2D eigenvalue weighted by atomic mass is 9.83. The normalized spacial score (nSPS) is 15.8. The Morgan fingerprint density at radius 2 is 0.446 bits per heavy atom. The first-order chi connectivity index (χ1) is 54.0. The van der Waals surface area contributed by atoms with E-state index < -0.39 is 23.9 Å². The van der Waals surface area contributed by atoms with Crippen LogP contribution in [0.1, 0.15) is 119 Å². The zero-order valence-corrected chi connectivity index (χ0v) is 69.4. The summed E-state index contributed by atoms with van der Waals surface area (Å²) in [6, 6.07) is 70.9. The fourth-order valence-corrected chi connectivity index (χ4v) is 15.5. The van der Waals surface area contributed by atoms with Crippen LogP contribution in [0.3, 0.4) is 0 Å². The lowest BCUT2D eigenvalue weighted by Crippen LogP contribution is -2.23. The van der Waals surface area contributed by atoms with Gasteiger partial charge in [-0.15, -0.1) is 0 Å². The summed E-state index contributed by atoms with van der Waals surface area (Å²) >= 11 is 13.8. The molecule has 4 aromatic heterocycles. The van der Waals surface area contributed by atoms with E-state index >= 15 is 0 Å². The Kier molecular flexibility index (Phi) is 23.9. The van der Waals surface area contributed by atoms with Crippen molar-refractivity contribution < 1.29 is 57.1 Å². The number of nitrogens with zero attached hydrogens (tertiary/aromatic N) is 8. The van der Waals surface area contributed by atoms with E-state index in [0.717, 1.165) is 108 Å². The van der Waals surface area contributed by atoms with Crippen molar-refractivity contribution in [3.8, 4) is 46.3 Å². The third-order valence-electron chi connectivity index (χ3n) is 19.5. The van der Waals surface area contributed by atoms with Gasteiger partial charge >= 0.3 is 23.9 Å². The highest BCUT2D eigenvalue weighted by Crippen LogP contribution is 2.51. The first kappa shape index (κ1) is 78.7. The number of aryl methyl sites for hydroxylation is 4. The van der Waals surface area contributed by atoms with Gasteiger partial charge in [0, 0.05) is 17.9 Å². The van der Waals surface area contributed by atoms with Crippen molar-refractivity contribution >= 4 is 87.6 Å². The first-order valence-corrected chi connectivity index (χ1v) is 38.7. The van der Waals surface area contributed by atoms with E-state index in [0.29, 0.717) is 68.8 Å².